The predicted octanol–water partition coefficient (Wildman–Crippen LogP) is 6.57. The van der Waals surface area contributed by atoms with Gasteiger partial charge < -0.3 is 10.2 Å². The maximum Gasteiger partial charge on any atom is 0.264 e. The normalized spacial score (nSPS) is 22.7. The lowest BCUT2D eigenvalue weighted by atomic mass is 9.79. The summed E-state index contributed by atoms with van der Waals surface area (Å²) in [5.74, 6) is 0.346. The second kappa shape index (κ2) is 8.03. The van der Waals surface area contributed by atoms with Crippen LogP contribution in [0.25, 0.3) is 6.08 Å². The number of amides is 1. The zero-order valence-electron chi connectivity index (χ0n) is 18.8. The number of aliphatic imine (C=N–C) groups is 1. The number of aryl methyl sites for hydroxylation is 2. The summed E-state index contributed by atoms with van der Waals surface area (Å²) in [5, 5.41) is 4.09. The number of benzene rings is 2. The molecule has 6 heteroatoms. The second-order valence-corrected chi connectivity index (χ2v) is 10.6. The van der Waals surface area contributed by atoms with Gasteiger partial charge in [0.15, 0.2) is 5.17 Å². The highest BCUT2D eigenvalue weighted by Crippen LogP contribution is 2.44. The van der Waals surface area contributed by atoms with Gasteiger partial charge in [0.05, 0.1) is 10.6 Å². The monoisotopic (exact) mass is 453 g/mol. The first-order valence-corrected chi connectivity index (χ1v) is 11.7. The van der Waals surface area contributed by atoms with Crippen LogP contribution in [0.15, 0.2) is 40.2 Å². The highest BCUT2D eigenvalue weighted by Gasteiger charge is 2.34. The van der Waals surface area contributed by atoms with Crippen molar-refractivity contribution in [3.05, 3.63) is 62.5 Å². The molecule has 1 amide bonds. The molecule has 1 atom stereocenters. The van der Waals surface area contributed by atoms with Crippen molar-refractivity contribution < 1.29 is 4.79 Å². The fraction of sp³-hybridized carbons (Fsp3) is 0.360. The number of hydrogen-bond acceptors (Lipinski definition) is 4. The first-order chi connectivity index (χ1) is 14.5. The third-order valence-electron chi connectivity index (χ3n) is 6.35. The molecule has 1 fully saturated rings. The maximum atomic E-state index is 12.6. The van der Waals surface area contributed by atoms with Gasteiger partial charge in [0, 0.05) is 23.3 Å². The maximum absolute atomic E-state index is 12.6. The molecule has 31 heavy (non-hydrogen) atoms. The molecular weight excluding hydrogens is 426 g/mol. The zero-order valence-corrected chi connectivity index (χ0v) is 20.4. The van der Waals surface area contributed by atoms with Gasteiger partial charge in [-0.05, 0) is 104 Å². The molecule has 0 radical (unpaired) electrons. The minimum absolute atomic E-state index is 0.119. The SMILES string of the molecule is Cc1cc2c(cc1/C=C1/SC(=Nc3cc(Cl)ccc3C)NC1=O)C(C)CC(C)(C)N2C. The molecule has 1 saturated heterocycles. The van der Waals surface area contributed by atoms with Gasteiger partial charge in [0.25, 0.3) is 5.91 Å². The van der Waals surface area contributed by atoms with Gasteiger partial charge in [-0.2, -0.15) is 0 Å². The van der Waals surface area contributed by atoms with Crippen molar-refractivity contribution in [2.75, 3.05) is 11.9 Å². The number of rotatable bonds is 2. The molecular formula is C25H28ClN3OS. The summed E-state index contributed by atoms with van der Waals surface area (Å²) in [4.78, 5) is 20.3. The Morgan fingerprint density at radius 1 is 1.23 bits per heavy atom. The van der Waals surface area contributed by atoms with Crippen LogP contribution in [0, 0.1) is 13.8 Å². The number of nitrogens with zero attached hydrogens (tertiary/aromatic N) is 2. The molecule has 2 heterocycles. The molecule has 1 N–H and O–H groups in total. The number of anilines is 1. The molecule has 1 unspecified atom stereocenters. The van der Waals surface area contributed by atoms with Crippen LogP contribution in [0.5, 0.6) is 0 Å². The first kappa shape index (κ1) is 22.0. The Balaban J connectivity index is 1.67. The number of thioether (sulfide) groups is 1. The fourth-order valence-electron chi connectivity index (χ4n) is 4.32. The van der Waals surface area contributed by atoms with E-state index in [2.05, 4.69) is 62.1 Å². The van der Waals surface area contributed by atoms with Gasteiger partial charge in [0.1, 0.15) is 0 Å². The molecule has 2 aromatic rings. The van der Waals surface area contributed by atoms with Crippen molar-refractivity contribution in [3.8, 4) is 0 Å². The summed E-state index contributed by atoms with van der Waals surface area (Å²) < 4.78 is 0. The lowest BCUT2D eigenvalue weighted by Gasteiger charge is -2.45. The van der Waals surface area contributed by atoms with E-state index in [1.807, 2.05) is 31.2 Å². The van der Waals surface area contributed by atoms with Gasteiger partial charge in [-0.3, -0.25) is 4.79 Å². The number of carbonyl (C=O) groups is 1. The van der Waals surface area contributed by atoms with Crippen molar-refractivity contribution in [1.82, 2.24) is 5.32 Å². The smallest absolute Gasteiger partial charge is 0.264 e. The molecule has 0 saturated carbocycles. The van der Waals surface area contributed by atoms with E-state index in [1.165, 1.54) is 23.0 Å². The summed E-state index contributed by atoms with van der Waals surface area (Å²) in [7, 11) is 2.17. The largest absolute Gasteiger partial charge is 0.369 e. The van der Waals surface area contributed by atoms with Gasteiger partial charge in [-0.1, -0.05) is 24.6 Å². The van der Waals surface area contributed by atoms with E-state index in [4.69, 9.17) is 11.6 Å². The minimum atomic E-state index is -0.119. The highest BCUT2D eigenvalue weighted by molar-refractivity contribution is 8.18. The topological polar surface area (TPSA) is 44.7 Å². The van der Waals surface area contributed by atoms with Crippen LogP contribution in [0.2, 0.25) is 5.02 Å². The fourth-order valence-corrected chi connectivity index (χ4v) is 5.32. The van der Waals surface area contributed by atoms with Crippen molar-refractivity contribution in [2.24, 2.45) is 4.99 Å². The number of nitrogens with one attached hydrogen (secondary N) is 1. The summed E-state index contributed by atoms with van der Waals surface area (Å²) in [6.45, 7) is 11.0. The average Bonchev–Trinajstić information content (AvgIpc) is 3.03. The molecule has 4 rings (SSSR count). The Morgan fingerprint density at radius 2 is 1.97 bits per heavy atom. The standard InChI is InChI=1S/C25H28ClN3OS/c1-14-7-8-18(26)12-20(14)27-24-28-23(30)22(31-24)11-17-10-19-16(3)13-25(4,5)29(6)21(19)9-15(17)2/h7-12,16H,13H2,1-6H3,(H,27,28,30)/b22-11+. The van der Waals surface area contributed by atoms with Gasteiger partial charge in [-0.25, -0.2) is 4.99 Å². The molecule has 2 aromatic carbocycles. The Labute approximate surface area is 193 Å². The number of halogens is 1. The van der Waals surface area contributed by atoms with Crippen molar-refractivity contribution in [1.29, 1.82) is 0 Å². The molecule has 0 bridgehead atoms. The summed E-state index contributed by atoms with van der Waals surface area (Å²) in [6, 6.07) is 10.1. The highest BCUT2D eigenvalue weighted by atomic mass is 35.5. The number of carbonyl (C=O) groups excluding carboxylic acids is 1. The van der Waals surface area contributed by atoms with Crippen LogP contribution < -0.4 is 10.2 Å². The van der Waals surface area contributed by atoms with Crippen LogP contribution in [0.3, 0.4) is 0 Å². The van der Waals surface area contributed by atoms with Gasteiger partial charge >= 0.3 is 0 Å². The van der Waals surface area contributed by atoms with E-state index < -0.39 is 0 Å². The van der Waals surface area contributed by atoms with Crippen molar-refractivity contribution in [2.45, 2.75) is 52.5 Å². The van der Waals surface area contributed by atoms with E-state index in [0.29, 0.717) is 21.0 Å². The summed E-state index contributed by atoms with van der Waals surface area (Å²) >= 11 is 7.47. The molecule has 4 nitrogen and oxygen atoms in total. The van der Waals surface area contributed by atoms with E-state index in [0.717, 1.165) is 28.8 Å². The average molecular weight is 454 g/mol. The van der Waals surface area contributed by atoms with Crippen LogP contribution in [0.4, 0.5) is 11.4 Å². The molecule has 2 aliphatic rings. The van der Waals surface area contributed by atoms with Gasteiger partial charge in [-0.15, -0.1) is 0 Å². The van der Waals surface area contributed by atoms with Crippen LogP contribution in [-0.2, 0) is 4.79 Å². The number of fused-ring (bicyclic) bond motifs is 1. The lowest BCUT2D eigenvalue weighted by molar-refractivity contribution is -0.115. The van der Waals surface area contributed by atoms with Crippen LogP contribution >= 0.6 is 23.4 Å². The van der Waals surface area contributed by atoms with E-state index in [1.54, 1.807) is 0 Å². The summed E-state index contributed by atoms with van der Waals surface area (Å²) in [5.41, 5.74) is 6.77. The Kier molecular flexibility index (Phi) is 5.69. The van der Waals surface area contributed by atoms with E-state index in [9.17, 15) is 4.79 Å². The summed E-state index contributed by atoms with van der Waals surface area (Å²) in [6.07, 6.45) is 3.08. The zero-order chi connectivity index (χ0) is 22.5. The Hall–Kier alpha value is -2.24. The quantitative estimate of drug-likeness (QED) is 0.523. The Morgan fingerprint density at radius 3 is 2.71 bits per heavy atom. The lowest BCUT2D eigenvalue weighted by Crippen LogP contribution is -2.45. The molecule has 0 aliphatic carbocycles. The number of amidine groups is 1. The van der Waals surface area contributed by atoms with Crippen molar-refractivity contribution >= 4 is 51.9 Å². The number of hydrogen-bond donors (Lipinski definition) is 1. The predicted molar refractivity (Wildman–Crippen MR) is 134 cm³/mol. The second-order valence-electron chi connectivity index (χ2n) is 9.16. The third kappa shape index (κ3) is 4.26. The van der Waals surface area contributed by atoms with Crippen molar-refractivity contribution in [3.63, 3.8) is 0 Å². The molecule has 0 spiro atoms. The third-order valence-corrected chi connectivity index (χ3v) is 7.50. The van der Waals surface area contributed by atoms with Gasteiger partial charge in [0.2, 0.25) is 0 Å². The van der Waals surface area contributed by atoms with Crippen LogP contribution in [0.1, 0.15) is 55.4 Å². The molecule has 2 aliphatic heterocycles. The van der Waals surface area contributed by atoms with E-state index in [-0.39, 0.29) is 11.4 Å². The van der Waals surface area contributed by atoms with Crippen LogP contribution in [-0.4, -0.2) is 23.7 Å². The molecule has 162 valence electrons. The van der Waals surface area contributed by atoms with E-state index >= 15 is 0 Å². The minimum Gasteiger partial charge on any atom is -0.369 e. The molecule has 0 aromatic heterocycles. The first-order valence-electron chi connectivity index (χ1n) is 10.5. The Bertz CT molecular complexity index is 1140.